The van der Waals surface area contributed by atoms with Gasteiger partial charge in [-0.05, 0) is 31.9 Å². The first-order chi connectivity index (χ1) is 8.65. The van der Waals surface area contributed by atoms with E-state index in [9.17, 15) is 9.59 Å². The SMILES string of the molecule is CCOC(=O)CCCNC(=O)c1ccccc1C. The van der Waals surface area contributed by atoms with E-state index in [1.165, 1.54) is 0 Å². The fourth-order valence-electron chi connectivity index (χ4n) is 1.59. The lowest BCUT2D eigenvalue weighted by molar-refractivity contribution is -0.143. The van der Waals surface area contributed by atoms with Crippen LogP contribution in [-0.2, 0) is 9.53 Å². The molecule has 18 heavy (non-hydrogen) atoms. The third kappa shape index (κ3) is 4.57. The molecule has 0 aliphatic rings. The van der Waals surface area contributed by atoms with Crippen molar-refractivity contribution in [1.82, 2.24) is 5.32 Å². The zero-order valence-corrected chi connectivity index (χ0v) is 10.9. The first-order valence-corrected chi connectivity index (χ1v) is 6.14. The lowest BCUT2D eigenvalue weighted by atomic mass is 10.1. The molecule has 98 valence electrons. The second-order valence-electron chi connectivity index (χ2n) is 3.98. The van der Waals surface area contributed by atoms with Gasteiger partial charge in [-0.3, -0.25) is 9.59 Å². The summed E-state index contributed by atoms with van der Waals surface area (Å²) in [5.41, 5.74) is 1.62. The number of rotatable bonds is 6. The van der Waals surface area contributed by atoms with Crippen LogP contribution in [-0.4, -0.2) is 25.0 Å². The van der Waals surface area contributed by atoms with Gasteiger partial charge in [-0.2, -0.15) is 0 Å². The van der Waals surface area contributed by atoms with Crippen molar-refractivity contribution < 1.29 is 14.3 Å². The molecule has 0 spiro atoms. The van der Waals surface area contributed by atoms with E-state index in [1.807, 2.05) is 25.1 Å². The van der Waals surface area contributed by atoms with Gasteiger partial charge in [0, 0.05) is 18.5 Å². The van der Waals surface area contributed by atoms with Gasteiger partial charge in [0.05, 0.1) is 6.61 Å². The molecule has 0 fully saturated rings. The summed E-state index contributed by atoms with van der Waals surface area (Å²) in [4.78, 5) is 22.9. The smallest absolute Gasteiger partial charge is 0.305 e. The summed E-state index contributed by atoms with van der Waals surface area (Å²) in [6, 6.07) is 7.41. The largest absolute Gasteiger partial charge is 0.466 e. The van der Waals surface area contributed by atoms with Crippen LogP contribution in [0.2, 0.25) is 0 Å². The summed E-state index contributed by atoms with van der Waals surface area (Å²) in [7, 11) is 0. The monoisotopic (exact) mass is 249 g/mol. The molecule has 1 amide bonds. The number of amides is 1. The fraction of sp³-hybridized carbons (Fsp3) is 0.429. The Bertz CT molecular complexity index is 415. The molecule has 0 heterocycles. The molecule has 0 saturated carbocycles. The van der Waals surface area contributed by atoms with Crippen LogP contribution in [0.4, 0.5) is 0 Å². The van der Waals surface area contributed by atoms with Crippen molar-refractivity contribution in [2.45, 2.75) is 26.7 Å². The number of aryl methyl sites for hydroxylation is 1. The van der Waals surface area contributed by atoms with Crippen LogP contribution in [0.3, 0.4) is 0 Å². The zero-order chi connectivity index (χ0) is 13.4. The van der Waals surface area contributed by atoms with Crippen LogP contribution in [0.5, 0.6) is 0 Å². The Balaban J connectivity index is 2.30. The molecule has 0 bridgehead atoms. The quantitative estimate of drug-likeness (QED) is 0.620. The van der Waals surface area contributed by atoms with Gasteiger partial charge >= 0.3 is 5.97 Å². The maximum Gasteiger partial charge on any atom is 0.305 e. The summed E-state index contributed by atoms with van der Waals surface area (Å²) < 4.78 is 4.80. The second kappa shape index (κ2) is 7.48. The number of hydrogen-bond acceptors (Lipinski definition) is 3. The topological polar surface area (TPSA) is 55.4 Å². The number of benzene rings is 1. The average molecular weight is 249 g/mol. The van der Waals surface area contributed by atoms with Gasteiger partial charge in [0.15, 0.2) is 0 Å². The van der Waals surface area contributed by atoms with E-state index >= 15 is 0 Å². The molecular formula is C14H19NO3. The molecule has 0 radical (unpaired) electrons. The summed E-state index contributed by atoms with van der Waals surface area (Å²) in [5, 5.41) is 2.79. The van der Waals surface area contributed by atoms with Gasteiger partial charge in [-0.25, -0.2) is 0 Å². The number of nitrogens with one attached hydrogen (secondary N) is 1. The molecule has 1 N–H and O–H groups in total. The Labute approximate surface area is 107 Å². The number of ether oxygens (including phenoxy) is 1. The number of hydrogen-bond donors (Lipinski definition) is 1. The fourth-order valence-corrected chi connectivity index (χ4v) is 1.59. The number of carbonyl (C=O) groups is 2. The van der Waals surface area contributed by atoms with Crippen LogP contribution < -0.4 is 5.32 Å². The minimum Gasteiger partial charge on any atom is -0.466 e. The van der Waals surface area contributed by atoms with Crippen molar-refractivity contribution >= 4 is 11.9 Å². The van der Waals surface area contributed by atoms with E-state index in [2.05, 4.69) is 5.32 Å². The van der Waals surface area contributed by atoms with Gasteiger partial charge in [0.2, 0.25) is 0 Å². The zero-order valence-electron chi connectivity index (χ0n) is 10.9. The molecule has 1 aromatic rings. The Morgan fingerprint density at radius 1 is 1.28 bits per heavy atom. The first kappa shape index (κ1) is 14.2. The lowest BCUT2D eigenvalue weighted by Gasteiger charge is -2.07. The van der Waals surface area contributed by atoms with Crippen LogP contribution in [0.1, 0.15) is 35.7 Å². The Hall–Kier alpha value is -1.84. The lowest BCUT2D eigenvalue weighted by Crippen LogP contribution is -2.25. The molecule has 1 aromatic carbocycles. The summed E-state index contributed by atoms with van der Waals surface area (Å²) in [5.74, 6) is -0.320. The van der Waals surface area contributed by atoms with E-state index < -0.39 is 0 Å². The highest BCUT2D eigenvalue weighted by Gasteiger charge is 2.07. The van der Waals surface area contributed by atoms with E-state index in [1.54, 1.807) is 13.0 Å². The molecule has 4 nitrogen and oxygen atoms in total. The summed E-state index contributed by atoms with van der Waals surface area (Å²) >= 11 is 0. The molecular weight excluding hydrogens is 230 g/mol. The maximum atomic E-state index is 11.8. The molecule has 0 saturated heterocycles. The highest BCUT2D eigenvalue weighted by atomic mass is 16.5. The Kier molecular flexibility index (Phi) is 5.91. The minimum atomic E-state index is -0.220. The predicted octanol–water partition coefficient (Wildman–Crippen LogP) is 2.07. The van der Waals surface area contributed by atoms with Gasteiger partial charge in [-0.1, -0.05) is 18.2 Å². The average Bonchev–Trinajstić information content (AvgIpc) is 2.35. The van der Waals surface area contributed by atoms with Crippen LogP contribution in [0.15, 0.2) is 24.3 Å². The molecule has 4 heteroatoms. The van der Waals surface area contributed by atoms with Gasteiger partial charge < -0.3 is 10.1 Å². The maximum absolute atomic E-state index is 11.8. The van der Waals surface area contributed by atoms with Gasteiger partial charge in [0.1, 0.15) is 0 Å². The minimum absolute atomic E-state index is 0.100. The van der Waals surface area contributed by atoms with Crippen molar-refractivity contribution in [2.24, 2.45) is 0 Å². The van der Waals surface area contributed by atoms with Crippen molar-refractivity contribution in [3.8, 4) is 0 Å². The summed E-state index contributed by atoms with van der Waals surface area (Å²) in [6.45, 7) is 4.55. The number of esters is 1. The van der Waals surface area contributed by atoms with Crippen LogP contribution in [0.25, 0.3) is 0 Å². The van der Waals surface area contributed by atoms with Crippen molar-refractivity contribution in [2.75, 3.05) is 13.2 Å². The van der Waals surface area contributed by atoms with Crippen LogP contribution in [0, 0.1) is 6.92 Å². The third-order valence-corrected chi connectivity index (χ3v) is 2.54. The van der Waals surface area contributed by atoms with Crippen molar-refractivity contribution in [3.05, 3.63) is 35.4 Å². The highest BCUT2D eigenvalue weighted by Crippen LogP contribution is 2.06. The molecule has 0 aromatic heterocycles. The van der Waals surface area contributed by atoms with Crippen molar-refractivity contribution in [1.29, 1.82) is 0 Å². The van der Waals surface area contributed by atoms with Gasteiger partial charge in [0.25, 0.3) is 5.91 Å². The van der Waals surface area contributed by atoms with Gasteiger partial charge in [-0.15, -0.1) is 0 Å². The normalized spacial score (nSPS) is 9.89. The van der Waals surface area contributed by atoms with E-state index in [-0.39, 0.29) is 11.9 Å². The van der Waals surface area contributed by atoms with E-state index in [0.29, 0.717) is 31.6 Å². The first-order valence-electron chi connectivity index (χ1n) is 6.14. The van der Waals surface area contributed by atoms with Crippen molar-refractivity contribution in [3.63, 3.8) is 0 Å². The predicted molar refractivity (Wildman–Crippen MR) is 69.4 cm³/mol. The Morgan fingerprint density at radius 2 is 2.00 bits per heavy atom. The Morgan fingerprint density at radius 3 is 2.67 bits per heavy atom. The molecule has 0 atom stereocenters. The standard InChI is InChI=1S/C14H19NO3/c1-3-18-13(16)9-6-10-15-14(17)12-8-5-4-7-11(12)2/h4-5,7-8H,3,6,9-10H2,1-2H3,(H,15,17). The molecule has 1 rings (SSSR count). The third-order valence-electron chi connectivity index (χ3n) is 2.54. The van der Waals surface area contributed by atoms with E-state index in [0.717, 1.165) is 5.56 Å². The van der Waals surface area contributed by atoms with Crippen LogP contribution >= 0.6 is 0 Å². The van der Waals surface area contributed by atoms with E-state index in [4.69, 9.17) is 4.74 Å². The molecule has 0 unspecified atom stereocenters. The summed E-state index contributed by atoms with van der Waals surface area (Å²) in [6.07, 6.45) is 0.929. The number of carbonyl (C=O) groups excluding carboxylic acids is 2. The highest BCUT2D eigenvalue weighted by molar-refractivity contribution is 5.95. The second-order valence-corrected chi connectivity index (χ2v) is 3.98. The molecule has 0 aliphatic carbocycles. The molecule has 0 aliphatic heterocycles.